The maximum Gasteiger partial charge on any atom is 0.410 e. The number of benzene rings is 1. The molecule has 0 radical (unpaired) electrons. The van der Waals surface area contributed by atoms with E-state index in [0.717, 1.165) is 17.3 Å². The van der Waals surface area contributed by atoms with Gasteiger partial charge >= 0.3 is 29.3 Å². The third-order valence-electron chi connectivity index (χ3n) is 3.76. The third-order valence-corrected chi connectivity index (χ3v) is 4.21. The Kier molecular flexibility index (Phi) is 14.9. The molecule has 0 aliphatic heterocycles. The van der Waals surface area contributed by atoms with Gasteiger partial charge in [-0.15, -0.1) is 0 Å². The van der Waals surface area contributed by atoms with E-state index in [9.17, 15) is 24.0 Å². The van der Waals surface area contributed by atoms with Crippen LogP contribution in [0.25, 0.3) is 0 Å². The van der Waals surface area contributed by atoms with E-state index in [0.29, 0.717) is 0 Å². The lowest BCUT2D eigenvalue weighted by Crippen LogP contribution is -2.32. The Morgan fingerprint density at radius 3 is 1.75 bits per heavy atom. The number of carbonyl (C=O) groups excluding carboxylic acids is 5. The maximum atomic E-state index is 11.5. The highest BCUT2D eigenvalue weighted by molar-refractivity contribution is 8.12. The smallest absolute Gasteiger partial charge is 0.410 e. The maximum absolute atomic E-state index is 11.5. The summed E-state index contributed by atoms with van der Waals surface area (Å²) in [6.45, 7) is 9.19. The first-order chi connectivity index (χ1) is 16.7. The molecule has 0 fully saturated rings. The highest BCUT2D eigenvalue weighted by Crippen LogP contribution is 2.15. The molecule has 0 aliphatic rings. The molecule has 0 spiro atoms. The highest BCUT2D eigenvalue weighted by Gasteiger charge is 2.24. The van der Waals surface area contributed by atoms with Crippen molar-refractivity contribution in [2.75, 3.05) is 26.4 Å². The molecule has 0 atom stereocenters. The average molecular weight is 532 g/mol. The summed E-state index contributed by atoms with van der Waals surface area (Å²) in [5, 5.41) is 1.75. The largest absolute Gasteiger partial charge is 0.460 e. The highest BCUT2D eigenvalue weighted by atomic mass is 32.2. The van der Waals surface area contributed by atoms with Gasteiger partial charge in [0.25, 0.3) is 0 Å². The van der Waals surface area contributed by atoms with Gasteiger partial charge in [0.2, 0.25) is 13.6 Å². The predicted molar refractivity (Wildman–Crippen MR) is 134 cm³/mol. The van der Waals surface area contributed by atoms with Crippen molar-refractivity contribution >= 4 is 41.1 Å². The van der Waals surface area contributed by atoms with Gasteiger partial charge in [-0.3, -0.25) is 14.4 Å². The normalized spacial score (nSPS) is 10.6. The summed E-state index contributed by atoms with van der Waals surface area (Å²) in [4.78, 5) is 55.9. The molecule has 1 aromatic carbocycles. The minimum Gasteiger partial charge on any atom is -0.460 e. The van der Waals surface area contributed by atoms with E-state index in [1.54, 1.807) is 47.8 Å². The molecule has 0 saturated carbocycles. The fourth-order valence-corrected chi connectivity index (χ4v) is 1.91. The zero-order valence-electron chi connectivity index (χ0n) is 21.7. The summed E-state index contributed by atoms with van der Waals surface area (Å²) >= 11 is 0.932. The second-order valence-corrected chi connectivity index (χ2v) is 9.87. The van der Waals surface area contributed by atoms with Crippen molar-refractivity contribution in [1.29, 1.82) is 0 Å². The number of hydrogen-bond acceptors (Lipinski definition) is 11. The summed E-state index contributed by atoms with van der Waals surface area (Å²) in [6, 6.07) is 9.15. The van der Waals surface area contributed by atoms with E-state index in [4.69, 9.17) is 9.47 Å². The summed E-state index contributed by atoms with van der Waals surface area (Å²) in [6.07, 6.45) is 0.719. The van der Waals surface area contributed by atoms with Crippen LogP contribution in [-0.2, 0) is 44.7 Å². The lowest BCUT2D eigenvalue weighted by molar-refractivity contribution is -0.162. The molecule has 0 unspecified atom stereocenters. The monoisotopic (exact) mass is 531 g/mol. The predicted octanol–water partition coefficient (Wildman–Crippen LogP) is 4.28. The van der Waals surface area contributed by atoms with Gasteiger partial charge in [-0.05, 0) is 65.1 Å². The van der Waals surface area contributed by atoms with Gasteiger partial charge in [0, 0.05) is 1.43 Å². The van der Waals surface area contributed by atoms with Crippen LogP contribution < -0.4 is 5.32 Å². The molecule has 0 heterocycles. The van der Waals surface area contributed by atoms with E-state index in [1.165, 1.54) is 0 Å². The average Bonchev–Trinajstić information content (AvgIpc) is 2.81. The summed E-state index contributed by atoms with van der Waals surface area (Å²) in [5.74, 6) is -1.48. The molecule has 1 rings (SSSR count). The van der Waals surface area contributed by atoms with Gasteiger partial charge in [-0.2, -0.15) is 0 Å². The Bertz CT molecular complexity index is 867. The summed E-state index contributed by atoms with van der Waals surface area (Å²) in [7, 11) is 0. The van der Waals surface area contributed by atoms with Crippen molar-refractivity contribution in [3.8, 4) is 0 Å². The second kappa shape index (κ2) is 16.4. The number of thioether (sulfide) groups is 1. The number of hydrogen-bond donors (Lipinski definition) is 1. The fraction of sp³-hybridized carbons (Fsp3) is 0.542. The zero-order chi connectivity index (χ0) is 27.8. The van der Waals surface area contributed by atoms with Crippen LogP contribution in [0.4, 0.5) is 9.59 Å². The number of rotatable bonds is 8. The van der Waals surface area contributed by atoms with Crippen LogP contribution in [0.3, 0.4) is 0 Å². The third kappa shape index (κ3) is 16.4. The van der Waals surface area contributed by atoms with E-state index in [-0.39, 0.29) is 27.3 Å². The SMILES string of the molecule is CC(C)(C)C(=O)OCOC(=O)NCC(=O)OCc1ccccc1.CSC(=O)OCOC(=O)C(C)(C)C.[HH]. The number of nitrogens with one attached hydrogen (secondary N) is 1. The van der Waals surface area contributed by atoms with Gasteiger partial charge in [-0.1, -0.05) is 30.3 Å². The minimum absolute atomic E-state index is 0. The molecule has 11 nitrogen and oxygen atoms in total. The Hall–Kier alpha value is -3.28. The van der Waals surface area contributed by atoms with Crippen molar-refractivity contribution in [2.45, 2.75) is 48.1 Å². The van der Waals surface area contributed by atoms with E-state index in [1.807, 2.05) is 30.3 Å². The van der Waals surface area contributed by atoms with Crippen molar-refractivity contribution < 1.29 is 49.1 Å². The topological polar surface area (TPSA) is 144 Å². The van der Waals surface area contributed by atoms with Crippen LogP contribution in [-0.4, -0.2) is 55.7 Å². The first kappa shape index (κ1) is 32.7. The Morgan fingerprint density at radius 1 is 0.778 bits per heavy atom. The van der Waals surface area contributed by atoms with Gasteiger partial charge in [0.1, 0.15) is 13.2 Å². The van der Waals surface area contributed by atoms with Crippen molar-refractivity contribution in [3.05, 3.63) is 35.9 Å². The van der Waals surface area contributed by atoms with Crippen LogP contribution in [0.15, 0.2) is 30.3 Å². The van der Waals surface area contributed by atoms with Gasteiger partial charge in [0.05, 0.1) is 10.8 Å². The quantitative estimate of drug-likeness (QED) is 0.291. The van der Waals surface area contributed by atoms with Crippen LogP contribution in [0.2, 0.25) is 0 Å². The van der Waals surface area contributed by atoms with Crippen LogP contribution in [0.5, 0.6) is 0 Å². The Morgan fingerprint density at radius 2 is 1.28 bits per heavy atom. The first-order valence-electron chi connectivity index (χ1n) is 10.8. The molecule has 36 heavy (non-hydrogen) atoms. The van der Waals surface area contributed by atoms with Crippen molar-refractivity contribution in [3.63, 3.8) is 0 Å². The van der Waals surface area contributed by atoms with Gasteiger partial charge in [-0.25, -0.2) is 9.59 Å². The van der Waals surface area contributed by atoms with Crippen LogP contribution in [0.1, 0.15) is 48.5 Å². The van der Waals surface area contributed by atoms with Crippen molar-refractivity contribution in [2.24, 2.45) is 10.8 Å². The molecular weight excluding hydrogens is 494 g/mol. The summed E-state index contributed by atoms with van der Waals surface area (Å²) < 4.78 is 23.6. The molecule has 0 aliphatic carbocycles. The van der Waals surface area contributed by atoms with E-state index >= 15 is 0 Å². The zero-order valence-corrected chi connectivity index (χ0v) is 22.5. The second-order valence-electron chi connectivity index (χ2n) is 9.13. The minimum atomic E-state index is -0.872. The first-order valence-corrected chi connectivity index (χ1v) is 12.0. The molecule has 0 aromatic heterocycles. The molecule has 1 N–H and O–H groups in total. The van der Waals surface area contributed by atoms with Crippen LogP contribution in [0, 0.1) is 10.8 Å². The van der Waals surface area contributed by atoms with Gasteiger partial charge in [0.15, 0.2) is 0 Å². The lowest BCUT2D eigenvalue weighted by atomic mass is 9.97. The molecule has 0 saturated heterocycles. The Balaban J connectivity index is 0. The van der Waals surface area contributed by atoms with Gasteiger partial charge < -0.3 is 29.0 Å². The number of ether oxygens (including phenoxy) is 5. The molecule has 12 heteroatoms. The molecule has 0 bridgehead atoms. The molecule has 204 valence electrons. The number of carbonyl (C=O) groups is 5. The fourth-order valence-electron chi connectivity index (χ4n) is 1.74. The summed E-state index contributed by atoms with van der Waals surface area (Å²) in [5.41, 5.74) is -0.398. The molecule has 1 aromatic rings. The molecule has 1 amide bonds. The van der Waals surface area contributed by atoms with E-state index < -0.39 is 41.0 Å². The number of amides is 1. The van der Waals surface area contributed by atoms with Crippen LogP contribution >= 0.6 is 11.8 Å². The molecular formula is C24H37NO10S. The van der Waals surface area contributed by atoms with Crippen molar-refractivity contribution in [1.82, 2.24) is 5.32 Å². The number of alkyl carbamates (subject to hydrolysis) is 1. The standard InChI is InChI=1S/C16H21NO6.C8H14O4S.H2/c1-16(2,3)14(19)22-11-23-15(20)17-9-13(18)21-10-12-7-5-4-6-8-12;1-8(2,3)6(9)11-5-12-7(10)13-4;/h4-8H,9-11H2,1-3H3,(H,17,20);5H2,1-4H3;1H. The number of esters is 3. The van der Waals surface area contributed by atoms with E-state index in [2.05, 4.69) is 19.5 Å². The lowest BCUT2D eigenvalue weighted by Gasteiger charge is -2.16. The Labute approximate surface area is 217 Å².